The van der Waals surface area contributed by atoms with Crippen LogP contribution in [0.2, 0.25) is 0 Å². The molecule has 0 radical (unpaired) electrons. The van der Waals surface area contributed by atoms with Crippen LogP contribution in [0.4, 0.5) is 0 Å². The van der Waals surface area contributed by atoms with Gasteiger partial charge in [0.2, 0.25) is 11.8 Å². The fourth-order valence-electron chi connectivity index (χ4n) is 1.35. The lowest BCUT2D eigenvalue weighted by atomic mass is 10.4. The number of ether oxygens (including phenoxy) is 1. The first-order valence-electron chi connectivity index (χ1n) is 5.06. The number of nitrogens with two attached hydrogens (primary N) is 1. The highest BCUT2D eigenvalue weighted by atomic mass is 16.5. The van der Waals surface area contributed by atoms with Gasteiger partial charge in [0.25, 0.3) is 0 Å². The molecular weight excluding hydrogens is 198 g/mol. The van der Waals surface area contributed by atoms with Crippen LogP contribution in [0.15, 0.2) is 0 Å². The summed E-state index contributed by atoms with van der Waals surface area (Å²) >= 11 is 0. The number of nitrogens with zero attached hydrogens (tertiary/aromatic N) is 1. The smallest absolute Gasteiger partial charge is 0.248 e. The number of hydrogen-bond donors (Lipinski definition) is 2. The molecule has 0 spiro atoms. The predicted octanol–water partition coefficient (Wildman–Crippen LogP) is -1.69. The van der Waals surface area contributed by atoms with Crippen LogP contribution in [0, 0.1) is 0 Å². The van der Waals surface area contributed by atoms with Crippen LogP contribution in [0.1, 0.15) is 6.42 Å². The van der Waals surface area contributed by atoms with Gasteiger partial charge in [0.1, 0.15) is 6.61 Å². The molecule has 6 nitrogen and oxygen atoms in total. The Kier molecular flexibility index (Phi) is 5.06. The predicted molar refractivity (Wildman–Crippen MR) is 54.1 cm³/mol. The minimum atomic E-state index is -0.0834. The summed E-state index contributed by atoms with van der Waals surface area (Å²) in [6, 6.07) is 0. The Hall–Kier alpha value is -1.14. The molecule has 0 aromatic carbocycles. The maximum Gasteiger partial charge on any atom is 0.248 e. The Balaban J connectivity index is 2.28. The largest absolute Gasteiger partial charge is 0.370 e. The van der Waals surface area contributed by atoms with Gasteiger partial charge in [0, 0.05) is 32.6 Å². The average molecular weight is 215 g/mol. The quantitative estimate of drug-likeness (QED) is 0.548. The number of hydrogen-bond acceptors (Lipinski definition) is 4. The highest BCUT2D eigenvalue weighted by Crippen LogP contribution is 1.97. The second-order valence-corrected chi connectivity index (χ2v) is 3.32. The minimum Gasteiger partial charge on any atom is -0.370 e. The molecule has 15 heavy (non-hydrogen) atoms. The molecule has 0 atom stereocenters. The molecule has 0 aromatic rings. The first kappa shape index (κ1) is 11.9. The Morgan fingerprint density at radius 3 is 3.07 bits per heavy atom. The molecule has 2 amide bonds. The molecule has 0 aliphatic carbocycles. The number of rotatable bonds is 4. The topological polar surface area (TPSA) is 84.7 Å². The molecule has 1 heterocycles. The molecule has 3 N–H and O–H groups in total. The lowest BCUT2D eigenvalue weighted by Gasteiger charge is -2.19. The van der Waals surface area contributed by atoms with E-state index >= 15 is 0 Å². The molecule has 0 aromatic heterocycles. The van der Waals surface area contributed by atoms with Crippen molar-refractivity contribution in [3.63, 3.8) is 0 Å². The summed E-state index contributed by atoms with van der Waals surface area (Å²) in [5.41, 5.74) is 5.23. The van der Waals surface area contributed by atoms with Gasteiger partial charge in [-0.2, -0.15) is 0 Å². The molecule has 0 saturated carbocycles. The van der Waals surface area contributed by atoms with Gasteiger partial charge in [-0.3, -0.25) is 9.59 Å². The zero-order chi connectivity index (χ0) is 11.1. The second-order valence-electron chi connectivity index (χ2n) is 3.32. The Bertz CT molecular complexity index is 233. The van der Waals surface area contributed by atoms with E-state index in [2.05, 4.69) is 5.32 Å². The third kappa shape index (κ3) is 4.26. The standard InChI is InChI=1S/C9H17N3O3/c10-2-6-15-7-9(14)12-4-1-8(13)11-3-5-12/h1-7,10H2,(H,11,13). The fourth-order valence-corrected chi connectivity index (χ4v) is 1.35. The van der Waals surface area contributed by atoms with E-state index in [9.17, 15) is 9.59 Å². The van der Waals surface area contributed by atoms with E-state index in [1.54, 1.807) is 4.90 Å². The Labute approximate surface area is 88.7 Å². The highest BCUT2D eigenvalue weighted by Gasteiger charge is 2.17. The van der Waals surface area contributed by atoms with Crippen LogP contribution in [0.3, 0.4) is 0 Å². The summed E-state index contributed by atoms with van der Waals surface area (Å²) in [6.45, 7) is 2.38. The molecule has 1 aliphatic heterocycles. The molecule has 1 rings (SSSR count). The van der Waals surface area contributed by atoms with E-state index in [-0.39, 0.29) is 18.4 Å². The molecular formula is C9H17N3O3. The lowest BCUT2D eigenvalue weighted by molar-refractivity contribution is -0.135. The van der Waals surface area contributed by atoms with Crippen molar-refractivity contribution in [1.29, 1.82) is 0 Å². The van der Waals surface area contributed by atoms with Gasteiger partial charge < -0.3 is 20.7 Å². The lowest BCUT2D eigenvalue weighted by Crippen LogP contribution is -2.37. The van der Waals surface area contributed by atoms with Crippen LogP contribution in [0.25, 0.3) is 0 Å². The maximum atomic E-state index is 11.6. The van der Waals surface area contributed by atoms with Gasteiger partial charge in [0.15, 0.2) is 0 Å². The summed E-state index contributed by atoms with van der Waals surface area (Å²) in [4.78, 5) is 24.2. The zero-order valence-corrected chi connectivity index (χ0v) is 8.70. The highest BCUT2D eigenvalue weighted by molar-refractivity contribution is 5.80. The van der Waals surface area contributed by atoms with Crippen LogP contribution >= 0.6 is 0 Å². The molecule has 86 valence electrons. The van der Waals surface area contributed by atoms with Gasteiger partial charge in [-0.15, -0.1) is 0 Å². The van der Waals surface area contributed by atoms with Crippen molar-refractivity contribution in [2.24, 2.45) is 5.73 Å². The summed E-state index contributed by atoms with van der Waals surface area (Å²) in [5.74, 6) is -0.0897. The molecule has 1 fully saturated rings. The van der Waals surface area contributed by atoms with Crippen molar-refractivity contribution in [3.8, 4) is 0 Å². The van der Waals surface area contributed by atoms with Crippen LogP contribution in [-0.2, 0) is 14.3 Å². The summed E-state index contributed by atoms with van der Waals surface area (Å²) in [5, 5.41) is 2.70. The van der Waals surface area contributed by atoms with E-state index in [0.717, 1.165) is 0 Å². The Morgan fingerprint density at radius 2 is 2.33 bits per heavy atom. The van der Waals surface area contributed by atoms with E-state index in [1.807, 2.05) is 0 Å². The van der Waals surface area contributed by atoms with E-state index < -0.39 is 0 Å². The number of amides is 2. The van der Waals surface area contributed by atoms with Crippen LogP contribution in [0.5, 0.6) is 0 Å². The van der Waals surface area contributed by atoms with Crippen molar-refractivity contribution in [2.45, 2.75) is 6.42 Å². The van der Waals surface area contributed by atoms with Gasteiger partial charge in [-0.25, -0.2) is 0 Å². The van der Waals surface area contributed by atoms with Crippen LogP contribution < -0.4 is 11.1 Å². The number of carbonyl (C=O) groups excluding carboxylic acids is 2. The van der Waals surface area contributed by atoms with Crippen molar-refractivity contribution in [2.75, 3.05) is 39.4 Å². The monoisotopic (exact) mass is 215 g/mol. The normalized spacial score (nSPS) is 17.1. The first-order valence-corrected chi connectivity index (χ1v) is 5.06. The fraction of sp³-hybridized carbons (Fsp3) is 0.778. The minimum absolute atomic E-state index is 0.00632. The van der Waals surface area contributed by atoms with Gasteiger partial charge >= 0.3 is 0 Å². The third-order valence-electron chi connectivity index (χ3n) is 2.15. The number of nitrogens with one attached hydrogen (secondary N) is 1. The third-order valence-corrected chi connectivity index (χ3v) is 2.15. The average Bonchev–Trinajstić information content (AvgIpc) is 2.43. The van der Waals surface area contributed by atoms with Gasteiger partial charge in [0.05, 0.1) is 6.61 Å². The van der Waals surface area contributed by atoms with Crippen molar-refractivity contribution in [1.82, 2.24) is 10.2 Å². The first-order chi connectivity index (χ1) is 7.24. The SMILES string of the molecule is NCCOCC(=O)N1CCNC(=O)CC1. The summed E-state index contributed by atoms with van der Waals surface area (Å²) in [6.07, 6.45) is 0.364. The molecule has 1 aliphatic rings. The summed E-state index contributed by atoms with van der Waals surface area (Å²) < 4.78 is 5.04. The van der Waals surface area contributed by atoms with Gasteiger partial charge in [-0.1, -0.05) is 0 Å². The summed E-state index contributed by atoms with van der Waals surface area (Å²) in [7, 11) is 0. The molecule has 0 bridgehead atoms. The molecule has 0 unspecified atom stereocenters. The molecule has 6 heteroatoms. The van der Waals surface area contributed by atoms with Gasteiger partial charge in [-0.05, 0) is 0 Å². The second kappa shape index (κ2) is 6.36. The van der Waals surface area contributed by atoms with Crippen molar-refractivity contribution >= 4 is 11.8 Å². The van der Waals surface area contributed by atoms with Crippen molar-refractivity contribution < 1.29 is 14.3 Å². The number of carbonyl (C=O) groups is 2. The van der Waals surface area contributed by atoms with E-state index in [0.29, 0.717) is 39.2 Å². The van der Waals surface area contributed by atoms with E-state index in [4.69, 9.17) is 10.5 Å². The molecule has 1 saturated heterocycles. The Morgan fingerprint density at radius 1 is 1.53 bits per heavy atom. The zero-order valence-electron chi connectivity index (χ0n) is 8.70. The maximum absolute atomic E-state index is 11.6. The van der Waals surface area contributed by atoms with Crippen molar-refractivity contribution in [3.05, 3.63) is 0 Å². The van der Waals surface area contributed by atoms with E-state index in [1.165, 1.54) is 0 Å². The van der Waals surface area contributed by atoms with Crippen LogP contribution in [-0.4, -0.2) is 56.1 Å².